The van der Waals surface area contributed by atoms with Crippen molar-refractivity contribution in [2.45, 2.75) is 32.6 Å². The van der Waals surface area contributed by atoms with Gasteiger partial charge in [-0.2, -0.15) is 0 Å². The van der Waals surface area contributed by atoms with Crippen molar-refractivity contribution in [3.05, 3.63) is 29.8 Å². The Morgan fingerprint density at radius 1 is 1.38 bits per heavy atom. The number of carbonyl (C=O) groups is 1. The van der Waals surface area contributed by atoms with Crippen LogP contribution in [-0.4, -0.2) is 37.5 Å². The maximum atomic E-state index is 12.0. The number of rotatable bonds is 5. The number of sulfonamides is 1. The summed E-state index contributed by atoms with van der Waals surface area (Å²) in [5.41, 5.74) is 1.04. The zero-order valence-electron chi connectivity index (χ0n) is 12.4. The number of benzene rings is 1. The van der Waals surface area contributed by atoms with E-state index in [1.54, 1.807) is 0 Å². The Balaban J connectivity index is 2.05. The first-order valence-corrected chi connectivity index (χ1v) is 8.81. The average Bonchev–Trinajstić information content (AvgIpc) is 2.83. The summed E-state index contributed by atoms with van der Waals surface area (Å²) in [4.78, 5) is 12.0. The van der Waals surface area contributed by atoms with Crippen LogP contribution in [0.25, 0.3) is 0 Å². The Labute approximate surface area is 126 Å². The molecule has 0 radical (unpaired) electrons. The van der Waals surface area contributed by atoms with Gasteiger partial charge in [-0.25, -0.2) is 12.7 Å². The van der Waals surface area contributed by atoms with Gasteiger partial charge in [0.2, 0.25) is 10.0 Å². The Morgan fingerprint density at radius 2 is 2.10 bits per heavy atom. The van der Waals surface area contributed by atoms with Crippen molar-refractivity contribution >= 4 is 15.9 Å². The zero-order chi connectivity index (χ0) is 15.5. The molecular weight excluding hydrogens is 290 g/mol. The van der Waals surface area contributed by atoms with E-state index in [0.29, 0.717) is 18.1 Å². The first-order chi connectivity index (χ1) is 9.95. The summed E-state index contributed by atoms with van der Waals surface area (Å²) in [6.07, 6.45) is 1.46. The Morgan fingerprint density at radius 3 is 2.71 bits per heavy atom. The molecule has 1 aromatic rings. The summed E-state index contributed by atoms with van der Waals surface area (Å²) in [5.74, 6) is 0.525. The number of nitrogens with zero attached hydrogens (tertiary/aromatic N) is 1. The molecule has 116 valence electrons. The molecule has 0 aromatic heterocycles. The van der Waals surface area contributed by atoms with Gasteiger partial charge in [-0.1, -0.05) is 32.0 Å². The third kappa shape index (κ3) is 3.56. The van der Waals surface area contributed by atoms with Crippen LogP contribution in [0, 0.1) is 0 Å². The van der Waals surface area contributed by atoms with E-state index in [-0.39, 0.29) is 18.9 Å². The van der Waals surface area contributed by atoms with E-state index in [0.717, 1.165) is 16.3 Å². The highest BCUT2D eigenvalue weighted by Crippen LogP contribution is 2.28. The van der Waals surface area contributed by atoms with E-state index in [1.807, 2.05) is 24.3 Å². The minimum atomic E-state index is -3.42. The highest BCUT2D eigenvalue weighted by molar-refractivity contribution is 7.89. The first kappa shape index (κ1) is 15.8. The molecule has 1 atom stereocenters. The number of carbonyl (C=O) groups excluding carboxylic acids is 1. The number of amides is 1. The van der Waals surface area contributed by atoms with Crippen LogP contribution >= 0.6 is 0 Å². The third-order valence-corrected chi connectivity index (χ3v) is 5.65. The molecule has 2 rings (SSSR count). The number of ether oxygens (including phenoxy) is 1. The minimum absolute atomic E-state index is 0.0438. The molecular formula is C15H21NO4S. The van der Waals surface area contributed by atoms with Crippen molar-refractivity contribution in [1.29, 1.82) is 0 Å². The Kier molecular flexibility index (Phi) is 4.88. The van der Waals surface area contributed by atoms with E-state index in [2.05, 4.69) is 13.8 Å². The molecule has 5 nitrogen and oxygen atoms in total. The molecule has 1 saturated heterocycles. The molecule has 6 heteroatoms. The molecule has 1 aliphatic rings. The van der Waals surface area contributed by atoms with Gasteiger partial charge in [-0.15, -0.1) is 0 Å². The molecule has 1 unspecified atom stereocenters. The van der Waals surface area contributed by atoms with Crippen molar-refractivity contribution in [3.63, 3.8) is 0 Å². The van der Waals surface area contributed by atoms with Gasteiger partial charge in [0.15, 0.2) is 6.61 Å². The monoisotopic (exact) mass is 311 g/mol. The Hall–Kier alpha value is -1.56. The van der Waals surface area contributed by atoms with Crippen LogP contribution < -0.4 is 4.74 Å². The summed E-state index contributed by atoms with van der Waals surface area (Å²) >= 11 is 0. The standard InChI is InChI=1S/C15H21NO4S/c1-3-12(2)13-7-4-5-8-14(13)20-11-15(17)16-9-6-10-21(16,18)19/h4-5,7-8,12H,3,6,9-11H2,1-2H3. The maximum absolute atomic E-state index is 12.0. The fourth-order valence-corrected chi connectivity index (χ4v) is 3.85. The number of hydrogen-bond acceptors (Lipinski definition) is 4. The van der Waals surface area contributed by atoms with Crippen molar-refractivity contribution < 1.29 is 17.9 Å². The summed E-state index contributed by atoms with van der Waals surface area (Å²) in [5, 5.41) is 0. The summed E-state index contributed by atoms with van der Waals surface area (Å²) < 4.78 is 29.9. The smallest absolute Gasteiger partial charge is 0.273 e. The second-order valence-corrected chi connectivity index (χ2v) is 7.28. The van der Waals surface area contributed by atoms with E-state index in [1.165, 1.54) is 0 Å². The molecule has 21 heavy (non-hydrogen) atoms. The summed E-state index contributed by atoms with van der Waals surface area (Å²) in [6, 6.07) is 7.56. The van der Waals surface area contributed by atoms with Gasteiger partial charge in [-0.05, 0) is 30.4 Å². The first-order valence-electron chi connectivity index (χ1n) is 7.20. The van der Waals surface area contributed by atoms with Gasteiger partial charge in [0.25, 0.3) is 5.91 Å². The molecule has 1 fully saturated rings. The molecule has 0 spiro atoms. The quantitative estimate of drug-likeness (QED) is 0.836. The lowest BCUT2D eigenvalue weighted by atomic mass is 9.98. The maximum Gasteiger partial charge on any atom is 0.273 e. The Bertz CT molecular complexity index is 612. The molecule has 0 N–H and O–H groups in total. The van der Waals surface area contributed by atoms with Gasteiger partial charge in [0.1, 0.15) is 5.75 Å². The highest BCUT2D eigenvalue weighted by atomic mass is 32.2. The lowest BCUT2D eigenvalue weighted by Crippen LogP contribution is -2.36. The van der Waals surface area contributed by atoms with Crippen LogP contribution in [0.1, 0.15) is 38.2 Å². The van der Waals surface area contributed by atoms with Crippen LogP contribution in [0.2, 0.25) is 0 Å². The SMILES string of the molecule is CCC(C)c1ccccc1OCC(=O)N1CCCS1(=O)=O. The van der Waals surface area contributed by atoms with Crippen molar-refractivity contribution in [1.82, 2.24) is 4.31 Å². The molecule has 0 aliphatic carbocycles. The topological polar surface area (TPSA) is 63.7 Å². The predicted molar refractivity (Wildman–Crippen MR) is 80.8 cm³/mol. The van der Waals surface area contributed by atoms with Gasteiger partial charge in [0.05, 0.1) is 5.75 Å². The van der Waals surface area contributed by atoms with Crippen molar-refractivity contribution in [2.75, 3.05) is 18.9 Å². The van der Waals surface area contributed by atoms with E-state index >= 15 is 0 Å². The zero-order valence-corrected chi connectivity index (χ0v) is 13.2. The highest BCUT2D eigenvalue weighted by Gasteiger charge is 2.32. The normalized spacial score (nSPS) is 18.5. The fraction of sp³-hybridized carbons (Fsp3) is 0.533. The molecule has 0 saturated carbocycles. The van der Waals surface area contributed by atoms with Crippen LogP contribution in [-0.2, 0) is 14.8 Å². The van der Waals surface area contributed by atoms with Gasteiger partial charge >= 0.3 is 0 Å². The lowest BCUT2D eigenvalue weighted by molar-refractivity contribution is -0.128. The van der Waals surface area contributed by atoms with Crippen LogP contribution in [0.4, 0.5) is 0 Å². The molecule has 1 amide bonds. The average molecular weight is 311 g/mol. The summed E-state index contributed by atoms with van der Waals surface area (Å²) in [7, 11) is -3.42. The second kappa shape index (κ2) is 6.47. The van der Waals surface area contributed by atoms with E-state index in [9.17, 15) is 13.2 Å². The van der Waals surface area contributed by atoms with Gasteiger partial charge < -0.3 is 4.74 Å². The largest absolute Gasteiger partial charge is 0.483 e. The van der Waals surface area contributed by atoms with Crippen LogP contribution in [0.15, 0.2) is 24.3 Å². The minimum Gasteiger partial charge on any atom is -0.483 e. The third-order valence-electron chi connectivity index (χ3n) is 3.79. The molecule has 1 aliphatic heterocycles. The van der Waals surface area contributed by atoms with Crippen molar-refractivity contribution in [3.8, 4) is 5.75 Å². The second-order valence-electron chi connectivity index (χ2n) is 5.27. The predicted octanol–water partition coefficient (Wildman–Crippen LogP) is 2.14. The van der Waals surface area contributed by atoms with Crippen molar-refractivity contribution in [2.24, 2.45) is 0 Å². The van der Waals surface area contributed by atoms with Gasteiger partial charge in [-0.3, -0.25) is 4.79 Å². The van der Waals surface area contributed by atoms with Crippen LogP contribution in [0.3, 0.4) is 0 Å². The number of hydrogen-bond donors (Lipinski definition) is 0. The van der Waals surface area contributed by atoms with E-state index < -0.39 is 15.9 Å². The molecule has 0 bridgehead atoms. The summed E-state index contributed by atoms with van der Waals surface area (Å²) in [6.45, 7) is 4.20. The number of para-hydroxylation sites is 1. The molecule has 1 aromatic carbocycles. The van der Waals surface area contributed by atoms with Crippen LogP contribution in [0.5, 0.6) is 5.75 Å². The lowest BCUT2D eigenvalue weighted by Gasteiger charge is -2.18. The van der Waals surface area contributed by atoms with E-state index in [4.69, 9.17) is 4.74 Å². The fourth-order valence-electron chi connectivity index (χ4n) is 2.37. The molecule has 1 heterocycles. The van der Waals surface area contributed by atoms with Gasteiger partial charge in [0, 0.05) is 6.54 Å².